The minimum atomic E-state index is -1.63. The van der Waals surface area contributed by atoms with Gasteiger partial charge in [-0.1, -0.05) is 34.8 Å². The van der Waals surface area contributed by atoms with Crippen LogP contribution in [0.4, 0.5) is 0 Å². The largest absolute Gasteiger partial charge is 0.507 e. The maximum atomic E-state index is 11.2. The van der Waals surface area contributed by atoms with E-state index in [1.165, 1.54) is 19.2 Å². The summed E-state index contributed by atoms with van der Waals surface area (Å²) in [4.78, 5) is 52.3. The zero-order valence-corrected chi connectivity index (χ0v) is 27.0. The van der Waals surface area contributed by atoms with Gasteiger partial charge in [-0.3, -0.25) is 14.4 Å². The molecule has 0 aliphatic heterocycles. The normalized spacial score (nSPS) is 11.5. The highest BCUT2D eigenvalue weighted by atomic mass is 35.5. The number of nitrogens with one attached hydrogen (secondary N) is 3. The Labute approximate surface area is 281 Å². The van der Waals surface area contributed by atoms with Gasteiger partial charge in [0, 0.05) is 95.2 Å². The van der Waals surface area contributed by atoms with Gasteiger partial charge in [0.1, 0.15) is 11.5 Å². The van der Waals surface area contributed by atoms with Crippen molar-refractivity contribution in [1.82, 2.24) is 15.0 Å². The van der Waals surface area contributed by atoms with Crippen LogP contribution in [0, 0.1) is 0 Å². The third-order valence-electron chi connectivity index (χ3n) is 6.68. The molecule has 0 radical (unpaired) electrons. The third-order valence-corrected chi connectivity index (χ3v) is 7.39. The molecule has 0 aliphatic carbocycles. The second-order valence-electron chi connectivity index (χ2n) is 10.1. The SMILES string of the molecule is CC(=O)C=C(O)c1c[nH]c2ccc(Cl)cc12.CC(=O)c1c[nH]c2ccc(Cl)cc12.O=C(O)C(=O)C=C(O)c1c[nH]c2ccc(Cl)cc12. The first kappa shape index (κ1) is 34.6. The van der Waals surface area contributed by atoms with Gasteiger partial charge in [0.15, 0.2) is 11.6 Å². The maximum absolute atomic E-state index is 11.2. The van der Waals surface area contributed by atoms with E-state index in [0.29, 0.717) is 43.2 Å². The molecule has 6 N–H and O–H groups in total. The van der Waals surface area contributed by atoms with E-state index >= 15 is 0 Å². The molecule has 0 spiro atoms. The molecule has 0 aliphatic rings. The van der Waals surface area contributed by atoms with Crippen LogP contribution in [0.2, 0.25) is 15.1 Å². The van der Waals surface area contributed by atoms with Crippen molar-refractivity contribution in [3.63, 3.8) is 0 Å². The maximum Gasteiger partial charge on any atom is 0.376 e. The number of aliphatic hydroxyl groups excluding tert-OH is 2. The Kier molecular flexibility index (Phi) is 10.9. The smallest absolute Gasteiger partial charge is 0.376 e. The fourth-order valence-corrected chi connectivity index (χ4v) is 5.04. The summed E-state index contributed by atoms with van der Waals surface area (Å²) in [6.07, 6.45) is 6.68. The van der Waals surface area contributed by atoms with Gasteiger partial charge in [0.25, 0.3) is 5.78 Å². The molecule has 10 nitrogen and oxygen atoms in total. The van der Waals surface area contributed by atoms with Crippen molar-refractivity contribution in [2.24, 2.45) is 0 Å². The Morgan fingerprint density at radius 2 is 0.936 bits per heavy atom. The fraction of sp³-hybridized carbons (Fsp3) is 0.0588. The van der Waals surface area contributed by atoms with Gasteiger partial charge in [0.05, 0.1) is 0 Å². The van der Waals surface area contributed by atoms with Crippen molar-refractivity contribution in [1.29, 1.82) is 0 Å². The standard InChI is InChI=1S/C12H8ClNO4.C12H10ClNO2.C10H8ClNO/c13-6-1-2-9-7(3-6)8(5-14-9)10(15)4-11(16)12(17)18;1-7(15)4-12(16)10-6-14-11-3-2-8(13)5-9(10)11;1-6(13)9-5-12-10-3-2-7(11)4-8(9)10/h1-5,14-15H,(H,17,18);2-6,14,16H,1H3;2-5,12H,1H3. The summed E-state index contributed by atoms with van der Waals surface area (Å²) in [5.74, 6) is -3.44. The van der Waals surface area contributed by atoms with Crippen molar-refractivity contribution >= 4 is 102 Å². The van der Waals surface area contributed by atoms with Crippen molar-refractivity contribution < 1.29 is 34.5 Å². The number of aliphatic carboxylic acids is 1. The molecule has 47 heavy (non-hydrogen) atoms. The third kappa shape index (κ3) is 8.50. The molecule has 0 atom stereocenters. The Balaban J connectivity index is 0.000000162. The highest BCUT2D eigenvalue weighted by Crippen LogP contribution is 2.28. The number of benzene rings is 3. The number of Topliss-reactive ketones (excluding diaryl/α,β-unsaturated/α-hetero) is 1. The number of hydrogen-bond acceptors (Lipinski definition) is 6. The number of halogens is 3. The van der Waals surface area contributed by atoms with Crippen LogP contribution >= 0.6 is 34.8 Å². The van der Waals surface area contributed by atoms with Crippen molar-refractivity contribution in [3.8, 4) is 0 Å². The van der Waals surface area contributed by atoms with Crippen molar-refractivity contribution in [3.05, 3.63) is 117 Å². The number of rotatable bonds is 6. The number of aromatic nitrogens is 3. The van der Waals surface area contributed by atoms with Crippen molar-refractivity contribution in [2.75, 3.05) is 0 Å². The van der Waals surface area contributed by atoms with Gasteiger partial charge in [0.2, 0.25) is 0 Å². The number of H-pyrrole nitrogens is 3. The first-order valence-corrected chi connectivity index (χ1v) is 14.8. The fourth-order valence-electron chi connectivity index (χ4n) is 4.53. The predicted molar refractivity (Wildman–Crippen MR) is 184 cm³/mol. The average molecular weight is 695 g/mol. The van der Waals surface area contributed by atoms with E-state index in [4.69, 9.17) is 39.9 Å². The summed E-state index contributed by atoms with van der Waals surface area (Å²) in [6.45, 7) is 2.93. The number of aromatic amines is 3. The molecule has 13 heteroatoms. The van der Waals surface area contributed by atoms with Gasteiger partial charge in [-0.25, -0.2) is 4.79 Å². The Morgan fingerprint density at radius 1 is 0.574 bits per heavy atom. The number of carbonyl (C=O) groups excluding carboxylic acids is 3. The van der Waals surface area contributed by atoms with Crippen LogP contribution < -0.4 is 0 Å². The molecule has 0 bridgehead atoms. The predicted octanol–water partition coefficient (Wildman–Crippen LogP) is 8.71. The first-order valence-electron chi connectivity index (χ1n) is 13.7. The molecular weight excluding hydrogens is 669 g/mol. The molecule has 0 amide bonds. The lowest BCUT2D eigenvalue weighted by molar-refractivity contribution is -0.146. The molecule has 0 saturated heterocycles. The van der Waals surface area contributed by atoms with Gasteiger partial charge in [-0.2, -0.15) is 0 Å². The average Bonchev–Trinajstić information content (AvgIpc) is 3.73. The lowest BCUT2D eigenvalue weighted by Crippen LogP contribution is -2.09. The number of aliphatic hydroxyl groups is 2. The van der Waals surface area contributed by atoms with Crippen LogP contribution in [0.5, 0.6) is 0 Å². The Morgan fingerprint density at radius 3 is 1.30 bits per heavy atom. The monoisotopic (exact) mass is 693 g/mol. The zero-order valence-electron chi connectivity index (χ0n) is 24.7. The molecule has 6 rings (SSSR count). The molecule has 3 aromatic heterocycles. The summed E-state index contributed by atoms with van der Waals surface area (Å²) in [6, 6.07) is 15.8. The van der Waals surface area contributed by atoms with Crippen LogP contribution in [0.25, 0.3) is 44.2 Å². The lowest BCUT2D eigenvalue weighted by atomic mass is 10.1. The van der Waals surface area contributed by atoms with Crippen LogP contribution in [-0.4, -0.2) is 53.6 Å². The van der Waals surface area contributed by atoms with Crippen LogP contribution in [0.15, 0.2) is 85.3 Å². The van der Waals surface area contributed by atoms with E-state index in [0.717, 1.165) is 27.3 Å². The summed E-state index contributed by atoms with van der Waals surface area (Å²) >= 11 is 17.5. The number of carbonyl (C=O) groups is 4. The zero-order chi connectivity index (χ0) is 34.4. The van der Waals surface area contributed by atoms with Gasteiger partial charge >= 0.3 is 5.97 Å². The van der Waals surface area contributed by atoms with E-state index in [2.05, 4.69) is 15.0 Å². The summed E-state index contributed by atoms with van der Waals surface area (Å²) in [5.41, 5.74) is 4.11. The number of carboxylic acids is 1. The molecule has 3 heterocycles. The van der Waals surface area contributed by atoms with Gasteiger partial charge < -0.3 is 30.3 Å². The minimum absolute atomic E-state index is 0.0496. The van der Waals surface area contributed by atoms with Crippen molar-refractivity contribution in [2.45, 2.75) is 13.8 Å². The molecular formula is C34H26Cl3N3O7. The van der Waals surface area contributed by atoms with Crippen LogP contribution in [0.1, 0.15) is 35.3 Å². The van der Waals surface area contributed by atoms with E-state index in [9.17, 15) is 29.4 Å². The highest BCUT2D eigenvalue weighted by Gasteiger charge is 2.14. The molecule has 0 saturated carbocycles. The number of hydrogen-bond donors (Lipinski definition) is 6. The van der Waals surface area contributed by atoms with E-state index in [1.54, 1.807) is 61.8 Å². The minimum Gasteiger partial charge on any atom is -0.507 e. The lowest BCUT2D eigenvalue weighted by Gasteiger charge is -1.98. The summed E-state index contributed by atoms with van der Waals surface area (Å²) in [5, 5.41) is 31.9. The van der Waals surface area contributed by atoms with E-state index < -0.39 is 17.5 Å². The number of carboxylic acid groups (broad SMARTS) is 1. The second-order valence-corrected chi connectivity index (χ2v) is 11.4. The molecule has 6 aromatic rings. The molecule has 240 valence electrons. The van der Waals surface area contributed by atoms with Crippen LogP contribution in [0.3, 0.4) is 0 Å². The Bertz CT molecular complexity index is 2220. The topological polar surface area (TPSA) is 176 Å². The quantitative estimate of drug-likeness (QED) is 0.0437. The van der Waals surface area contributed by atoms with E-state index in [-0.39, 0.29) is 17.3 Å². The number of fused-ring (bicyclic) bond motifs is 3. The molecule has 0 unspecified atom stereocenters. The van der Waals surface area contributed by atoms with Gasteiger partial charge in [-0.15, -0.1) is 0 Å². The summed E-state index contributed by atoms with van der Waals surface area (Å²) in [7, 11) is 0. The van der Waals surface area contributed by atoms with Crippen LogP contribution in [-0.2, 0) is 14.4 Å². The highest BCUT2D eigenvalue weighted by molar-refractivity contribution is 6.38. The number of allylic oxidation sites excluding steroid dienone is 1. The van der Waals surface area contributed by atoms with Gasteiger partial charge in [-0.05, 0) is 68.4 Å². The molecule has 0 fully saturated rings. The summed E-state index contributed by atoms with van der Waals surface area (Å²) < 4.78 is 0. The molecule has 3 aromatic carbocycles. The Hall–Kier alpha value is -5.29. The van der Waals surface area contributed by atoms with E-state index in [1.807, 2.05) is 12.1 Å². The number of ketones is 3. The first-order chi connectivity index (χ1) is 22.2. The second kappa shape index (κ2) is 14.9.